The van der Waals surface area contributed by atoms with Crippen LogP contribution in [0.4, 0.5) is 0 Å². The molecule has 0 saturated heterocycles. The lowest BCUT2D eigenvalue weighted by Crippen LogP contribution is -1.96. The first-order valence-electron chi connectivity index (χ1n) is 5.04. The molecule has 0 unspecified atom stereocenters. The van der Waals surface area contributed by atoms with Gasteiger partial charge in [-0.1, -0.05) is 20.8 Å². The normalized spacial score (nSPS) is 11.4. The maximum Gasteiger partial charge on any atom is 0.158 e. The van der Waals surface area contributed by atoms with E-state index in [1.54, 1.807) is 0 Å². The molecule has 74 valence electrons. The van der Waals surface area contributed by atoms with Crippen LogP contribution in [-0.4, -0.2) is 14.6 Å². The molecular weight excluding hydrogens is 174 g/mol. The second-order valence-electron chi connectivity index (χ2n) is 3.83. The highest BCUT2D eigenvalue weighted by molar-refractivity contribution is 5.46. The van der Waals surface area contributed by atoms with Gasteiger partial charge in [0.2, 0.25) is 0 Å². The van der Waals surface area contributed by atoms with Crippen molar-refractivity contribution in [2.75, 3.05) is 0 Å². The van der Waals surface area contributed by atoms with Crippen LogP contribution < -0.4 is 0 Å². The molecule has 0 aliphatic rings. The molecule has 2 aromatic rings. The maximum absolute atomic E-state index is 4.43. The zero-order valence-corrected chi connectivity index (χ0v) is 8.86. The van der Waals surface area contributed by atoms with Gasteiger partial charge in [0.05, 0.1) is 6.20 Å². The van der Waals surface area contributed by atoms with E-state index in [9.17, 15) is 0 Å². The second-order valence-corrected chi connectivity index (χ2v) is 3.83. The number of hydrogen-bond donors (Lipinski definition) is 0. The summed E-state index contributed by atoms with van der Waals surface area (Å²) < 4.78 is 1.87. The van der Waals surface area contributed by atoms with Crippen LogP contribution in [0.15, 0.2) is 18.6 Å². The first kappa shape index (κ1) is 9.19. The Morgan fingerprint density at radius 1 is 1.36 bits per heavy atom. The Bertz CT molecular complexity index is 443. The molecule has 3 heteroatoms. The van der Waals surface area contributed by atoms with Crippen molar-refractivity contribution in [3.8, 4) is 0 Å². The molecule has 0 amide bonds. The number of aryl methyl sites for hydroxylation is 1. The Balaban J connectivity index is 2.57. The van der Waals surface area contributed by atoms with Crippen molar-refractivity contribution < 1.29 is 0 Å². The number of fused-ring (bicyclic) bond motifs is 1. The van der Waals surface area contributed by atoms with Crippen molar-refractivity contribution in [3.63, 3.8) is 0 Å². The minimum atomic E-state index is 0.501. The number of rotatable bonds is 2. The third-order valence-corrected chi connectivity index (χ3v) is 2.50. The molecule has 0 radical (unpaired) electrons. The molecule has 0 spiro atoms. The SMILES string of the molecule is CCc1cnn2cc(C(C)C)cnc12. The van der Waals surface area contributed by atoms with Crippen LogP contribution in [-0.2, 0) is 6.42 Å². The maximum atomic E-state index is 4.43. The predicted octanol–water partition coefficient (Wildman–Crippen LogP) is 2.42. The number of hydrogen-bond acceptors (Lipinski definition) is 2. The van der Waals surface area contributed by atoms with E-state index in [2.05, 4.69) is 37.1 Å². The van der Waals surface area contributed by atoms with Gasteiger partial charge in [-0.25, -0.2) is 9.50 Å². The van der Waals surface area contributed by atoms with Gasteiger partial charge in [0.1, 0.15) is 0 Å². The Morgan fingerprint density at radius 3 is 2.79 bits per heavy atom. The van der Waals surface area contributed by atoms with Gasteiger partial charge in [-0.2, -0.15) is 5.10 Å². The Hall–Kier alpha value is -1.38. The summed E-state index contributed by atoms with van der Waals surface area (Å²) in [5.74, 6) is 0.501. The van der Waals surface area contributed by atoms with Crippen LogP contribution in [0, 0.1) is 0 Å². The van der Waals surface area contributed by atoms with Gasteiger partial charge in [-0.05, 0) is 17.9 Å². The summed E-state index contributed by atoms with van der Waals surface area (Å²) in [7, 11) is 0. The third-order valence-electron chi connectivity index (χ3n) is 2.50. The molecule has 2 rings (SSSR count). The molecule has 0 fully saturated rings. The van der Waals surface area contributed by atoms with Gasteiger partial charge < -0.3 is 0 Å². The fraction of sp³-hybridized carbons (Fsp3) is 0.455. The van der Waals surface area contributed by atoms with E-state index >= 15 is 0 Å². The molecule has 0 aliphatic heterocycles. The van der Waals surface area contributed by atoms with Crippen LogP contribution in [0.2, 0.25) is 0 Å². The lowest BCUT2D eigenvalue weighted by atomic mass is 10.1. The average Bonchev–Trinajstić information content (AvgIpc) is 2.59. The highest BCUT2D eigenvalue weighted by Crippen LogP contribution is 2.15. The van der Waals surface area contributed by atoms with Crippen molar-refractivity contribution in [1.82, 2.24) is 14.6 Å². The molecule has 2 heterocycles. The van der Waals surface area contributed by atoms with E-state index in [0.717, 1.165) is 12.1 Å². The molecule has 0 saturated carbocycles. The number of aromatic nitrogens is 3. The molecule has 3 nitrogen and oxygen atoms in total. The van der Waals surface area contributed by atoms with Gasteiger partial charge in [-0.3, -0.25) is 0 Å². The smallest absolute Gasteiger partial charge is 0.158 e. The summed E-state index contributed by atoms with van der Waals surface area (Å²) in [5.41, 5.74) is 3.42. The largest absolute Gasteiger partial charge is 0.236 e. The van der Waals surface area contributed by atoms with Gasteiger partial charge in [0, 0.05) is 18.0 Å². The monoisotopic (exact) mass is 189 g/mol. The fourth-order valence-electron chi connectivity index (χ4n) is 1.49. The van der Waals surface area contributed by atoms with Gasteiger partial charge in [0.25, 0.3) is 0 Å². The molecule has 0 aromatic carbocycles. The Labute approximate surface area is 83.8 Å². The van der Waals surface area contributed by atoms with E-state index < -0.39 is 0 Å². The Kier molecular flexibility index (Phi) is 2.23. The quantitative estimate of drug-likeness (QED) is 0.726. The molecule has 0 bridgehead atoms. The van der Waals surface area contributed by atoms with Gasteiger partial charge in [-0.15, -0.1) is 0 Å². The van der Waals surface area contributed by atoms with Crippen LogP contribution in [0.5, 0.6) is 0 Å². The van der Waals surface area contributed by atoms with E-state index in [1.165, 1.54) is 11.1 Å². The topological polar surface area (TPSA) is 30.2 Å². The van der Waals surface area contributed by atoms with Crippen LogP contribution >= 0.6 is 0 Å². The van der Waals surface area contributed by atoms with E-state index in [-0.39, 0.29) is 0 Å². The second kappa shape index (κ2) is 3.40. The third kappa shape index (κ3) is 1.39. The van der Waals surface area contributed by atoms with Crippen molar-refractivity contribution in [3.05, 3.63) is 29.7 Å². The molecule has 0 atom stereocenters. The summed E-state index contributed by atoms with van der Waals surface area (Å²) in [6.07, 6.45) is 6.89. The van der Waals surface area contributed by atoms with Gasteiger partial charge in [0.15, 0.2) is 5.65 Å². The minimum absolute atomic E-state index is 0.501. The van der Waals surface area contributed by atoms with E-state index in [4.69, 9.17) is 0 Å². The average molecular weight is 189 g/mol. The van der Waals surface area contributed by atoms with Crippen molar-refractivity contribution >= 4 is 5.65 Å². The van der Waals surface area contributed by atoms with Gasteiger partial charge >= 0.3 is 0 Å². The summed E-state index contributed by atoms with van der Waals surface area (Å²) in [6.45, 7) is 6.44. The Morgan fingerprint density at radius 2 is 2.14 bits per heavy atom. The van der Waals surface area contributed by atoms with E-state index in [0.29, 0.717) is 5.92 Å². The van der Waals surface area contributed by atoms with Crippen LogP contribution in [0.25, 0.3) is 5.65 Å². The highest BCUT2D eigenvalue weighted by atomic mass is 15.2. The predicted molar refractivity (Wildman–Crippen MR) is 56.5 cm³/mol. The van der Waals surface area contributed by atoms with Crippen molar-refractivity contribution in [2.45, 2.75) is 33.1 Å². The number of nitrogens with zero attached hydrogens (tertiary/aromatic N) is 3. The molecule has 0 N–H and O–H groups in total. The first-order chi connectivity index (χ1) is 6.72. The lowest BCUT2D eigenvalue weighted by molar-refractivity contribution is 0.821. The van der Waals surface area contributed by atoms with Crippen LogP contribution in [0.1, 0.15) is 37.8 Å². The zero-order chi connectivity index (χ0) is 10.1. The lowest BCUT2D eigenvalue weighted by Gasteiger charge is -2.04. The van der Waals surface area contributed by atoms with Crippen molar-refractivity contribution in [2.24, 2.45) is 0 Å². The highest BCUT2D eigenvalue weighted by Gasteiger charge is 2.05. The zero-order valence-electron chi connectivity index (χ0n) is 8.86. The summed E-state index contributed by atoms with van der Waals surface area (Å²) in [5, 5.41) is 4.29. The summed E-state index contributed by atoms with van der Waals surface area (Å²) in [6, 6.07) is 0. The van der Waals surface area contributed by atoms with E-state index in [1.807, 2.05) is 16.9 Å². The molecule has 0 aliphatic carbocycles. The summed E-state index contributed by atoms with van der Waals surface area (Å²) in [4.78, 5) is 4.43. The van der Waals surface area contributed by atoms with Crippen LogP contribution in [0.3, 0.4) is 0 Å². The summed E-state index contributed by atoms with van der Waals surface area (Å²) >= 11 is 0. The first-order valence-corrected chi connectivity index (χ1v) is 5.04. The molecule has 2 aromatic heterocycles. The standard InChI is InChI=1S/C11H15N3/c1-4-9-6-13-14-7-10(8(2)3)5-12-11(9)14/h5-8H,4H2,1-3H3. The fourth-order valence-corrected chi connectivity index (χ4v) is 1.49. The molecular formula is C11H15N3. The van der Waals surface area contributed by atoms with Crippen molar-refractivity contribution in [1.29, 1.82) is 0 Å². The minimum Gasteiger partial charge on any atom is -0.236 e. The molecule has 14 heavy (non-hydrogen) atoms.